The minimum absolute atomic E-state index is 0.0447. The molecule has 5 nitrogen and oxygen atoms in total. The summed E-state index contributed by atoms with van der Waals surface area (Å²) in [5, 5.41) is 12.5. The Morgan fingerprint density at radius 3 is 2.38 bits per heavy atom. The van der Waals surface area contributed by atoms with Crippen molar-refractivity contribution < 1.29 is 19.4 Å². The largest absolute Gasteiger partial charge is 0.493 e. The molecule has 1 aliphatic rings. The van der Waals surface area contributed by atoms with Crippen LogP contribution in [0, 0.1) is 5.92 Å². The Morgan fingerprint density at radius 2 is 1.90 bits per heavy atom. The van der Waals surface area contributed by atoms with Crippen LogP contribution in [-0.2, 0) is 4.79 Å². The summed E-state index contributed by atoms with van der Waals surface area (Å²) in [4.78, 5) is 11.1. The van der Waals surface area contributed by atoms with Crippen LogP contribution in [-0.4, -0.2) is 31.8 Å². The van der Waals surface area contributed by atoms with Gasteiger partial charge in [0, 0.05) is 12.6 Å². The van der Waals surface area contributed by atoms with Crippen molar-refractivity contribution in [2.24, 2.45) is 5.92 Å². The van der Waals surface area contributed by atoms with Crippen LogP contribution in [0.2, 0.25) is 0 Å². The van der Waals surface area contributed by atoms with Crippen LogP contribution in [0.15, 0.2) is 12.1 Å². The Hall–Kier alpha value is -1.75. The topological polar surface area (TPSA) is 67.8 Å². The van der Waals surface area contributed by atoms with E-state index < -0.39 is 5.97 Å². The van der Waals surface area contributed by atoms with Gasteiger partial charge in [-0.05, 0) is 35.6 Å². The maximum atomic E-state index is 11.1. The van der Waals surface area contributed by atoms with Crippen molar-refractivity contribution in [1.29, 1.82) is 0 Å². The van der Waals surface area contributed by atoms with E-state index in [0.29, 0.717) is 30.4 Å². The lowest BCUT2D eigenvalue weighted by molar-refractivity contribution is -0.141. The van der Waals surface area contributed by atoms with E-state index in [1.165, 1.54) is 0 Å². The smallest absolute Gasteiger partial charge is 0.307 e. The minimum atomic E-state index is -0.739. The van der Waals surface area contributed by atoms with Crippen LogP contribution in [0.5, 0.6) is 11.5 Å². The SMILES string of the molecule is COc1cc(C(C)C)c(C2CC(C(=O)O)CN2)cc1OC. The third-order valence-corrected chi connectivity index (χ3v) is 4.07. The van der Waals surface area contributed by atoms with Crippen LogP contribution >= 0.6 is 0 Å². The van der Waals surface area contributed by atoms with E-state index in [4.69, 9.17) is 14.6 Å². The van der Waals surface area contributed by atoms with Crippen molar-refractivity contribution in [3.63, 3.8) is 0 Å². The fourth-order valence-electron chi connectivity index (χ4n) is 2.87. The molecule has 2 rings (SSSR count). The third kappa shape index (κ3) is 3.13. The number of aliphatic carboxylic acids is 1. The molecule has 0 saturated carbocycles. The average molecular weight is 293 g/mol. The molecule has 0 radical (unpaired) electrons. The molecule has 0 aromatic heterocycles. The summed E-state index contributed by atoms with van der Waals surface area (Å²) in [7, 11) is 3.23. The van der Waals surface area contributed by atoms with Gasteiger partial charge in [0.1, 0.15) is 0 Å². The molecule has 2 N–H and O–H groups in total. The molecule has 2 atom stereocenters. The van der Waals surface area contributed by atoms with Gasteiger partial charge < -0.3 is 19.9 Å². The molecule has 0 spiro atoms. The van der Waals surface area contributed by atoms with Gasteiger partial charge in [0.15, 0.2) is 11.5 Å². The van der Waals surface area contributed by atoms with Crippen LogP contribution in [0.25, 0.3) is 0 Å². The van der Waals surface area contributed by atoms with Crippen molar-refractivity contribution in [2.45, 2.75) is 32.2 Å². The molecule has 1 fully saturated rings. The highest BCUT2D eigenvalue weighted by Crippen LogP contribution is 2.39. The van der Waals surface area contributed by atoms with Crippen molar-refractivity contribution in [3.05, 3.63) is 23.3 Å². The second-order valence-corrected chi connectivity index (χ2v) is 5.72. The first-order valence-electron chi connectivity index (χ1n) is 7.19. The quantitative estimate of drug-likeness (QED) is 0.873. The average Bonchev–Trinajstić information content (AvgIpc) is 2.95. The summed E-state index contributed by atoms with van der Waals surface area (Å²) in [6.45, 7) is 4.74. The predicted octanol–water partition coefficient (Wildman–Crippen LogP) is 2.56. The Labute approximate surface area is 125 Å². The second kappa shape index (κ2) is 6.35. The van der Waals surface area contributed by atoms with Gasteiger partial charge in [-0.25, -0.2) is 0 Å². The Kier molecular flexibility index (Phi) is 4.73. The van der Waals surface area contributed by atoms with E-state index in [0.717, 1.165) is 11.1 Å². The number of methoxy groups -OCH3 is 2. The van der Waals surface area contributed by atoms with Crippen molar-refractivity contribution in [3.8, 4) is 11.5 Å². The summed E-state index contributed by atoms with van der Waals surface area (Å²) in [5.41, 5.74) is 2.27. The lowest BCUT2D eigenvalue weighted by atomic mass is 9.90. The lowest BCUT2D eigenvalue weighted by Crippen LogP contribution is -2.18. The van der Waals surface area contributed by atoms with Crippen LogP contribution in [0.3, 0.4) is 0 Å². The van der Waals surface area contributed by atoms with Crippen molar-refractivity contribution >= 4 is 5.97 Å². The molecule has 0 bridgehead atoms. The van der Waals surface area contributed by atoms with E-state index in [-0.39, 0.29) is 12.0 Å². The molecular formula is C16H23NO4. The summed E-state index contributed by atoms with van der Waals surface area (Å²) >= 11 is 0. The summed E-state index contributed by atoms with van der Waals surface area (Å²) in [6.07, 6.45) is 0.602. The van der Waals surface area contributed by atoms with Crippen LogP contribution in [0.1, 0.15) is 43.4 Å². The lowest BCUT2D eigenvalue weighted by Gasteiger charge is -2.21. The number of rotatable bonds is 5. The number of hydrogen-bond acceptors (Lipinski definition) is 4. The fraction of sp³-hybridized carbons (Fsp3) is 0.562. The van der Waals surface area contributed by atoms with Gasteiger partial charge in [0.25, 0.3) is 0 Å². The van der Waals surface area contributed by atoms with Gasteiger partial charge in [-0.2, -0.15) is 0 Å². The standard InChI is InChI=1S/C16H23NO4/c1-9(2)11-6-14(20-3)15(21-4)7-12(11)13-5-10(8-17-13)16(18)19/h6-7,9-10,13,17H,5,8H2,1-4H3,(H,18,19). The zero-order chi connectivity index (χ0) is 15.6. The number of hydrogen-bond donors (Lipinski definition) is 2. The summed E-state index contributed by atoms with van der Waals surface area (Å²) in [5.74, 6) is 0.639. The van der Waals surface area contributed by atoms with Crippen LogP contribution < -0.4 is 14.8 Å². The molecular weight excluding hydrogens is 270 g/mol. The number of ether oxygens (including phenoxy) is 2. The number of carboxylic acid groups (broad SMARTS) is 1. The van der Waals surface area contributed by atoms with Gasteiger partial charge in [-0.15, -0.1) is 0 Å². The predicted molar refractivity (Wildman–Crippen MR) is 80.1 cm³/mol. The molecule has 1 saturated heterocycles. The van der Waals surface area contributed by atoms with E-state index >= 15 is 0 Å². The number of carboxylic acids is 1. The van der Waals surface area contributed by atoms with E-state index in [1.54, 1.807) is 14.2 Å². The van der Waals surface area contributed by atoms with Crippen molar-refractivity contribution in [2.75, 3.05) is 20.8 Å². The molecule has 1 aromatic carbocycles. The summed E-state index contributed by atoms with van der Waals surface area (Å²) < 4.78 is 10.7. The maximum Gasteiger partial charge on any atom is 0.307 e. The first-order valence-corrected chi connectivity index (χ1v) is 7.19. The normalized spacial score (nSPS) is 21.6. The third-order valence-electron chi connectivity index (χ3n) is 4.07. The highest BCUT2D eigenvalue weighted by Gasteiger charge is 2.32. The summed E-state index contributed by atoms with van der Waals surface area (Å²) in [6, 6.07) is 4.01. The second-order valence-electron chi connectivity index (χ2n) is 5.72. The van der Waals surface area contributed by atoms with Gasteiger partial charge in [0.2, 0.25) is 0 Å². The zero-order valence-electron chi connectivity index (χ0n) is 13.0. The highest BCUT2D eigenvalue weighted by atomic mass is 16.5. The monoisotopic (exact) mass is 293 g/mol. The van der Waals surface area contributed by atoms with E-state index in [9.17, 15) is 4.79 Å². The van der Waals surface area contributed by atoms with E-state index in [1.807, 2.05) is 12.1 Å². The molecule has 116 valence electrons. The molecule has 0 amide bonds. The molecule has 21 heavy (non-hydrogen) atoms. The number of benzene rings is 1. The van der Waals surface area contributed by atoms with Crippen molar-refractivity contribution in [1.82, 2.24) is 5.32 Å². The molecule has 5 heteroatoms. The minimum Gasteiger partial charge on any atom is -0.493 e. The molecule has 1 aliphatic heterocycles. The zero-order valence-corrected chi connectivity index (χ0v) is 13.0. The van der Waals surface area contributed by atoms with Gasteiger partial charge in [0.05, 0.1) is 20.1 Å². The Morgan fingerprint density at radius 1 is 1.29 bits per heavy atom. The van der Waals surface area contributed by atoms with Gasteiger partial charge in [-0.1, -0.05) is 13.8 Å². The number of carbonyl (C=O) groups is 1. The van der Waals surface area contributed by atoms with Gasteiger partial charge >= 0.3 is 5.97 Å². The first-order chi connectivity index (χ1) is 9.97. The Bertz CT molecular complexity index is 527. The Balaban J connectivity index is 2.40. The number of nitrogens with one attached hydrogen (secondary N) is 1. The molecule has 1 aromatic rings. The van der Waals surface area contributed by atoms with Gasteiger partial charge in [-0.3, -0.25) is 4.79 Å². The fourth-order valence-corrected chi connectivity index (χ4v) is 2.87. The highest BCUT2D eigenvalue weighted by molar-refractivity contribution is 5.71. The first kappa shape index (κ1) is 15.6. The molecule has 1 heterocycles. The molecule has 2 unspecified atom stereocenters. The molecule has 0 aliphatic carbocycles. The maximum absolute atomic E-state index is 11.1. The van der Waals surface area contributed by atoms with Crippen LogP contribution in [0.4, 0.5) is 0 Å². The van der Waals surface area contributed by atoms with E-state index in [2.05, 4.69) is 19.2 Å².